The van der Waals surface area contributed by atoms with E-state index in [1.165, 1.54) is 0 Å². The molecular weight excluding hydrogens is 264 g/mol. The Morgan fingerprint density at radius 1 is 1.24 bits per heavy atom. The van der Waals surface area contributed by atoms with Crippen LogP contribution in [0.15, 0.2) is 47.4 Å². The highest BCUT2D eigenvalue weighted by molar-refractivity contribution is 5.87. The molecule has 0 saturated carbocycles. The molecule has 106 valence electrons. The summed E-state index contributed by atoms with van der Waals surface area (Å²) in [6, 6.07) is 11.3. The third-order valence-corrected chi connectivity index (χ3v) is 3.47. The summed E-state index contributed by atoms with van der Waals surface area (Å²) in [6.07, 6.45) is 1.69. The third-order valence-electron chi connectivity index (χ3n) is 3.47. The van der Waals surface area contributed by atoms with Crippen LogP contribution in [0.4, 0.5) is 5.82 Å². The molecule has 0 aliphatic heterocycles. The van der Waals surface area contributed by atoms with E-state index < -0.39 is 0 Å². The van der Waals surface area contributed by atoms with Gasteiger partial charge < -0.3 is 10.7 Å². The fourth-order valence-corrected chi connectivity index (χ4v) is 2.37. The number of hydrogen-bond acceptors (Lipinski definition) is 3. The van der Waals surface area contributed by atoms with Crippen LogP contribution in [0, 0.1) is 6.92 Å². The minimum absolute atomic E-state index is 0.0680. The van der Waals surface area contributed by atoms with Crippen molar-refractivity contribution in [3.63, 3.8) is 0 Å². The minimum atomic E-state index is -0.0680. The molecule has 0 bridgehead atoms. The van der Waals surface area contributed by atoms with Gasteiger partial charge >= 0.3 is 0 Å². The number of aryl methyl sites for hydroxylation is 2. The van der Waals surface area contributed by atoms with Gasteiger partial charge in [0.05, 0.1) is 11.1 Å². The Bertz CT molecular complexity index is 846. The van der Waals surface area contributed by atoms with Crippen molar-refractivity contribution in [3.05, 3.63) is 58.5 Å². The monoisotopic (exact) mass is 280 g/mol. The zero-order chi connectivity index (χ0) is 15.0. The van der Waals surface area contributed by atoms with Gasteiger partial charge in [0.25, 0.3) is 0 Å². The van der Waals surface area contributed by atoms with Crippen molar-refractivity contribution in [2.75, 3.05) is 5.73 Å². The smallest absolute Gasteiger partial charge is 0.191 e. The predicted molar refractivity (Wildman–Crippen MR) is 83.9 cm³/mol. The molecule has 0 radical (unpaired) electrons. The van der Waals surface area contributed by atoms with Crippen molar-refractivity contribution in [2.45, 2.75) is 6.92 Å². The lowest BCUT2D eigenvalue weighted by molar-refractivity contribution is 0.782. The van der Waals surface area contributed by atoms with Crippen molar-refractivity contribution < 1.29 is 0 Å². The molecule has 0 aliphatic rings. The summed E-state index contributed by atoms with van der Waals surface area (Å²) < 4.78 is 1.59. The number of aromatic amines is 1. The van der Waals surface area contributed by atoms with Crippen molar-refractivity contribution >= 4 is 5.82 Å². The Morgan fingerprint density at radius 2 is 1.95 bits per heavy atom. The highest BCUT2D eigenvalue weighted by Gasteiger charge is 2.19. The lowest BCUT2D eigenvalue weighted by Crippen LogP contribution is -2.06. The summed E-state index contributed by atoms with van der Waals surface area (Å²) in [4.78, 5) is 15.3. The van der Waals surface area contributed by atoms with Crippen LogP contribution in [0.5, 0.6) is 0 Å². The number of benzene rings is 1. The first-order chi connectivity index (χ1) is 10.1. The fourth-order valence-electron chi connectivity index (χ4n) is 2.37. The minimum Gasteiger partial charge on any atom is -0.383 e. The van der Waals surface area contributed by atoms with Gasteiger partial charge in [0.15, 0.2) is 5.43 Å². The third kappa shape index (κ3) is 2.23. The zero-order valence-corrected chi connectivity index (χ0v) is 11.9. The number of aromatic nitrogens is 3. The van der Waals surface area contributed by atoms with Crippen molar-refractivity contribution in [1.29, 1.82) is 0 Å². The zero-order valence-electron chi connectivity index (χ0n) is 11.9. The molecule has 0 atom stereocenters. The molecule has 0 aliphatic carbocycles. The van der Waals surface area contributed by atoms with Gasteiger partial charge in [0, 0.05) is 25.0 Å². The van der Waals surface area contributed by atoms with Crippen molar-refractivity contribution in [2.24, 2.45) is 7.05 Å². The van der Waals surface area contributed by atoms with E-state index >= 15 is 0 Å². The van der Waals surface area contributed by atoms with E-state index in [9.17, 15) is 4.79 Å². The van der Waals surface area contributed by atoms with Gasteiger partial charge in [-0.3, -0.25) is 9.48 Å². The molecule has 1 aromatic carbocycles. The number of nitrogens with two attached hydrogens (primary N) is 1. The molecule has 3 N–H and O–H groups in total. The number of hydrogen-bond donors (Lipinski definition) is 2. The van der Waals surface area contributed by atoms with Crippen LogP contribution in [0.3, 0.4) is 0 Å². The Labute approximate surface area is 122 Å². The van der Waals surface area contributed by atoms with Crippen molar-refractivity contribution in [3.8, 4) is 22.4 Å². The van der Waals surface area contributed by atoms with Crippen LogP contribution < -0.4 is 11.2 Å². The first-order valence-electron chi connectivity index (χ1n) is 6.65. The van der Waals surface area contributed by atoms with Gasteiger partial charge in [-0.1, -0.05) is 30.3 Å². The number of H-pyrrole nitrogens is 1. The number of nitrogen functional groups attached to an aromatic ring is 1. The van der Waals surface area contributed by atoms with Crippen LogP contribution >= 0.6 is 0 Å². The first-order valence-corrected chi connectivity index (χ1v) is 6.65. The number of nitrogens with zero attached hydrogens (tertiary/aromatic N) is 2. The topological polar surface area (TPSA) is 76.7 Å². The Hall–Kier alpha value is -2.82. The van der Waals surface area contributed by atoms with E-state index in [1.807, 2.05) is 37.3 Å². The maximum atomic E-state index is 12.2. The molecule has 3 aromatic rings. The second kappa shape index (κ2) is 4.94. The molecule has 0 unspecified atom stereocenters. The summed E-state index contributed by atoms with van der Waals surface area (Å²) in [6.45, 7) is 1.84. The normalized spacial score (nSPS) is 10.8. The highest BCUT2D eigenvalue weighted by atomic mass is 16.1. The van der Waals surface area contributed by atoms with E-state index in [0.29, 0.717) is 17.1 Å². The maximum absolute atomic E-state index is 12.2. The molecular formula is C16H16N4O. The van der Waals surface area contributed by atoms with E-state index in [4.69, 9.17) is 5.73 Å². The molecule has 0 saturated heterocycles. The first kappa shape index (κ1) is 13.2. The number of anilines is 1. The van der Waals surface area contributed by atoms with Gasteiger partial charge in [0.2, 0.25) is 0 Å². The van der Waals surface area contributed by atoms with Gasteiger partial charge in [-0.2, -0.15) is 5.10 Å². The summed E-state index contributed by atoms with van der Waals surface area (Å²) in [5, 5.41) is 4.42. The average molecular weight is 280 g/mol. The summed E-state index contributed by atoms with van der Waals surface area (Å²) >= 11 is 0. The standard InChI is InChI=1S/C16H16N4O/c1-10-8-13(21)12(9-18-10)15-14(16(17)20(2)19-15)11-6-4-3-5-7-11/h3-9H,17H2,1-2H3,(H,18,21). The summed E-state index contributed by atoms with van der Waals surface area (Å²) in [5.41, 5.74) is 9.73. The predicted octanol–water partition coefficient (Wildman–Crippen LogP) is 2.33. The lowest BCUT2D eigenvalue weighted by Gasteiger charge is -2.04. The van der Waals surface area contributed by atoms with Gasteiger partial charge in [-0.05, 0) is 12.5 Å². The molecule has 21 heavy (non-hydrogen) atoms. The van der Waals surface area contributed by atoms with Crippen LogP contribution in [-0.4, -0.2) is 14.8 Å². The van der Waals surface area contributed by atoms with E-state index in [0.717, 1.165) is 16.8 Å². The molecule has 2 heterocycles. The molecule has 3 rings (SSSR count). The summed E-state index contributed by atoms with van der Waals surface area (Å²) in [5.74, 6) is 0.538. The Kier molecular flexibility index (Phi) is 3.10. The Balaban J connectivity index is 2.29. The van der Waals surface area contributed by atoms with Gasteiger partial charge in [0.1, 0.15) is 11.5 Å². The van der Waals surface area contributed by atoms with Crippen LogP contribution in [0.1, 0.15) is 5.69 Å². The van der Waals surface area contributed by atoms with Crippen molar-refractivity contribution in [1.82, 2.24) is 14.8 Å². The number of nitrogens with one attached hydrogen (secondary N) is 1. The molecule has 5 nitrogen and oxygen atoms in total. The molecule has 2 aromatic heterocycles. The van der Waals surface area contributed by atoms with Gasteiger partial charge in [-0.25, -0.2) is 0 Å². The molecule has 0 amide bonds. The number of pyridine rings is 1. The summed E-state index contributed by atoms with van der Waals surface area (Å²) in [7, 11) is 1.77. The number of rotatable bonds is 2. The molecule has 0 spiro atoms. The van der Waals surface area contributed by atoms with E-state index in [2.05, 4.69) is 10.1 Å². The van der Waals surface area contributed by atoms with E-state index in [1.54, 1.807) is 24.0 Å². The van der Waals surface area contributed by atoms with Crippen LogP contribution in [0.25, 0.3) is 22.4 Å². The molecule has 5 heteroatoms. The fraction of sp³-hybridized carbons (Fsp3) is 0.125. The second-order valence-corrected chi connectivity index (χ2v) is 4.99. The lowest BCUT2D eigenvalue weighted by atomic mass is 10.0. The maximum Gasteiger partial charge on any atom is 0.191 e. The quantitative estimate of drug-likeness (QED) is 0.756. The largest absolute Gasteiger partial charge is 0.383 e. The van der Waals surface area contributed by atoms with E-state index in [-0.39, 0.29) is 5.43 Å². The Morgan fingerprint density at radius 3 is 2.62 bits per heavy atom. The average Bonchev–Trinajstić information content (AvgIpc) is 2.75. The second-order valence-electron chi connectivity index (χ2n) is 4.99. The molecule has 0 fully saturated rings. The van der Waals surface area contributed by atoms with Gasteiger partial charge in [-0.15, -0.1) is 0 Å². The van der Waals surface area contributed by atoms with Crippen LogP contribution in [-0.2, 0) is 7.05 Å². The SMILES string of the molecule is Cc1cc(=O)c(-c2nn(C)c(N)c2-c2ccccc2)c[nH]1. The van der Waals surface area contributed by atoms with Crippen LogP contribution in [0.2, 0.25) is 0 Å². The highest BCUT2D eigenvalue weighted by Crippen LogP contribution is 2.34.